The van der Waals surface area contributed by atoms with Crippen molar-refractivity contribution in [2.75, 3.05) is 20.8 Å². The van der Waals surface area contributed by atoms with Crippen LogP contribution in [0.1, 0.15) is 6.42 Å². The van der Waals surface area contributed by atoms with Crippen LogP contribution in [0.15, 0.2) is 0 Å². The predicted molar refractivity (Wildman–Crippen MR) is 41.0 cm³/mol. The molecule has 2 unspecified atom stereocenters. The number of carboxylic acid groups (broad SMARTS) is 1. The smallest absolute Gasteiger partial charge is 0.107 e. The van der Waals surface area contributed by atoms with E-state index in [4.69, 9.17) is 14.2 Å². The molecule has 1 rings (SSSR count). The molecule has 5 nitrogen and oxygen atoms in total. The van der Waals surface area contributed by atoms with Gasteiger partial charge in [-0.15, -0.1) is 0 Å². The Labute approximate surface area is 76.6 Å². The summed E-state index contributed by atoms with van der Waals surface area (Å²) in [6, 6.07) is 0. The second kappa shape index (κ2) is 4.55. The highest BCUT2D eigenvalue weighted by Crippen LogP contribution is 2.18. The van der Waals surface area contributed by atoms with Gasteiger partial charge in [-0.05, 0) is 0 Å². The van der Waals surface area contributed by atoms with Gasteiger partial charge in [0.15, 0.2) is 0 Å². The third-order valence-electron chi connectivity index (χ3n) is 2.19. The van der Waals surface area contributed by atoms with Gasteiger partial charge in [0, 0.05) is 20.6 Å². The number of carboxylic acids is 1. The van der Waals surface area contributed by atoms with E-state index in [1.807, 2.05) is 0 Å². The molecule has 13 heavy (non-hydrogen) atoms. The van der Waals surface area contributed by atoms with Crippen LogP contribution in [-0.4, -0.2) is 45.1 Å². The molecule has 1 aliphatic heterocycles. The van der Waals surface area contributed by atoms with Crippen molar-refractivity contribution >= 4 is 5.97 Å². The largest absolute Gasteiger partial charge is 0.547 e. The molecule has 0 aliphatic carbocycles. The fraction of sp³-hybridized carbons (Fsp3) is 0.875. The van der Waals surface area contributed by atoms with Gasteiger partial charge in [-0.25, -0.2) is 0 Å². The number of aliphatic carboxylic acids is 1. The van der Waals surface area contributed by atoms with Crippen LogP contribution in [0.4, 0.5) is 0 Å². The van der Waals surface area contributed by atoms with E-state index in [0.29, 0.717) is 0 Å². The lowest BCUT2D eigenvalue weighted by molar-refractivity contribution is -0.321. The molecule has 0 spiro atoms. The Morgan fingerprint density at radius 2 is 2.00 bits per heavy atom. The molecule has 76 valence electrons. The van der Waals surface area contributed by atoms with E-state index < -0.39 is 12.1 Å². The topological polar surface area (TPSA) is 67.8 Å². The molecule has 0 radical (unpaired) electrons. The van der Waals surface area contributed by atoms with Gasteiger partial charge < -0.3 is 24.1 Å². The van der Waals surface area contributed by atoms with E-state index in [0.717, 1.165) is 0 Å². The summed E-state index contributed by atoms with van der Waals surface area (Å²) in [4.78, 5) is 10.5. The summed E-state index contributed by atoms with van der Waals surface area (Å²) in [5.41, 5.74) is 0. The average Bonchev–Trinajstić information content (AvgIpc) is 2.16. The van der Waals surface area contributed by atoms with Crippen LogP contribution >= 0.6 is 0 Å². The van der Waals surface area contributed by atoms with Gasteiger partial charge in [0.2, 0.25) is 0 Å². The van der Waals surface area contributed by atoms with Crippen LogP contribution < -0.4 is 5.11 Å². The van der Waals surface area contributed by atoms with Gasteiger partial charge in [0.05, 0.1) is 24.8 Å². The molecule has 5 heteroatoms. The minimum Gasteiger partial charge on any atom is -0.547 e. The Balaban J connectivity index is 2.52. The first kappa shape index (κ1) is 10.4. The number of rotatable bonds is 3. The van der Waals surface area contributed by atoms with Crippen molar-refractivity contribution in [3.05, 3.63) is 0 Å². The number of ether oxygens (including phenoxy) is 3. The lowest BCUT2D eigenvalue weighted by Crippen LogP contribution is -2.49. The van der Waals surface area contributed by atoms with Gasteiger partial charge in [0.25, 0.3) is 0 Å². The van der Waals surface area contributed by atoms with E-state index in [1.54, 1.807) is 7.11 Å². The monoisotopic (exact) mass is 189 g/mol. The Morgan fingerprint density at radius 3 is 2.46 bits per heavy atom. The average molecular weight is 189 g/mol. The molecule has 0 N–H and O–H groups in total. The summed E-state index contributed by atoms with van der Waals surface area (Å²) in [6.45, 7) is 0.230. The van der Waals surface area contributed by atoms with Crippen molar-refractivity contribution < 1.29 is 24.1 Å². The molecule has 0 aromatic carbocycles. The molecule has 0 aromatic heterocycles. The summed E-state index contributed by atoms with van der Waals surface area (Å²) in [5, 5.41) is 10.5. The summed E-state index contributed by atoms with van der Waals surface area (Å²) in [7, 11) is 3.06. The quantitative estimate of drug-likeness (QED) is 0.543. The normalized spacial score (nSPS) is 34.5. The standard InChI is InChI=1S/C8H14O5/c1-11-5-3-6(8(9)10)13-4-7(5)12-2/h5-7H,3-4H2,1-2H3,(H,9,10)/p-1/t5-,6?,7?/m0/s1. The first-order chi connectivity index (χ1) is 6.19. The molecule has 0 bridgehead atoms. The fourth-order valence-corrected chi connectivity index (χ4v) is 1.38. The zero-order valence-corrected chi connectivity index (χ0v) is 7.69. The number of carbonyl (C=O) groups excluding carboxylic acids is 1. The predicted octanol–water partition coefficient (Wildman–Crippen LogP) is -1.44. The van der Waals surface area contributed by atoms with Crippen LogP contribution in [0.25, 0.3) is 0 Å². The lowest BCUT2D eigenvalue weighted by Gasteiger charge is -2.34. The van der Waals surface area contributed by atoms with Crippen LogP contribution in [-0.2, 0) is 19.0 Å². The molecule has 1 saturated heterocycles. The zero-order valence-electron chi connectivity index (χ0n) is 7.69. The third kappa shape index (κ3) is 2.40. The summed E-state index contributed by atoms with van der Waals surface area (Å²) in [6.07, 6.45) is -1.03. The van der Waals surface area contributed by atoms with Crippen LogP contribution in [0.3, 0.4) is 0 Å². The summed E-state index contributed by atoms with van der Waals surface area (Å²) >= 11 is 0. The van der Waals surface area contributed by atoms with Gasteiger partial charge in [-0.1, -0.05) is 0 Å². The Bertz CT molecular complexity index is 181. The SMILES string of the molecule is COC1COC(C(=O)[O-])C[C@@H]1OC. The maximum Gasteiger partial charge on any atom is 0.107 e. The summed E-state index contributed by atoms with van der Waals surface area (Å²) in [5.74, 6) is -1.20. The number of hydrogen-bond donors (Lipinski definition) is 0. The zero-order chi connectivity index (χ0) is 9.84. The molecule has 1 aliphatic rings. The highest BCUT2D eigenvalue weighted by molar-refractivity contribution is 5.70. The van der Waals surface area contributed by atoms with E-state index >= 15 is 0 Å². The van der Waals surface area contributed by atoms with Crippen molar-refractivity contribution in [1.82, 2.24) is 0 Å². The Kier molecular flexibility index (Phi) is 3.65. The lowest BCUT2D eigenvalue weighted by atomic mass is 10.0. The van der Waals surface area contributed by atoms with Crippen LogP contribution in [0.2, 0.25) is 0 Å². The summed E-state index contributed by atoms with van der Waals surface area (Å²) < 4.78 is 15.1. The van der Waals surface area contributed by atoms with Gasteiger partial charge >= 0.3 is 0 Å². The number of methoxy groups -OCH3 is 2. The Hall–Kier alpha value is -0.650. The molecule has 1 fully saturated rings. The van der Waals surface area contributed by atoms with E-state index in [9.17, 15) is 9.90 Å². The maximum absolute atomic E-state index is 10.5. The van der Waals surface area contributed by atoms with E-state index in [-0.39, 0.29) is 25.2 Å². The van der Waals surface area contributed by atoms with Crippen molar-refractivity contribution in [2.45, 2.75) is 24.7 Å². The molecule has 3 atom stereocenters. The minimum atomic E-state index is -1.20. The molecular formula is C8H13O5-. The third-order valence-corrected chi connectivity index (χ3v) is 2.19. The van der Waals surface area contributed by atoms with E-state index in [2.05, 4.69) is 0 Å². The van der Waals surface area contributed by atoms with Crippen molar-refractivity contribution in [3.8, 4) is 0 Å². The molecule has 1 heterocycles. The van der Waals surface area contributed by atoms with Crippen molar-refractivity contribution in [2.24, 2.45) is 0 Å². The number of hydrogen-bond acceptors (Lipinski definition) is 5. The second-order valence-electron chi connectivity index (χ2n) is 2.93. The first-order valence-electron chi connectivity index (χ1n) is 4.07. The van der Waals surface area contributed by atoms with Gasteiger partial charge in [0.1, 0.15) is 6.10 Å². The first-order valence-corrected chi connectivity index (χ1v) is 4.07. The van der Waals surface area contributed by atoms with E-state index in [1.165, 1.54) is 7.11 Å². The molecule has 0 saturated carbocycles. The van der Waals surface area contributed by atoms with Gasteiger partial charge in [-0.3, -0.25) is 0 Å². The molecule has 0 amide bonds. The molecule has 0 aromatic rings. The van der Waals surface area contributed by atoms with Gasteiger partial charge in [-0.2, -0.15) is 0 Å². The fourth-order valence-electron chi connectivity index (χ4n) is 1.38. The molecular weight excluding hydrogens is 176 g/mol. The van der Waals surface area contributed by atoms with Crippen molar-refractivity contribution in [3.63, 3.8) is 0 Å². The minimum absolute atomic E-state index is 0.194. The number of carbonyl (C=O) groups is 1. The van der Waals surface area contributed by atoms with Crippen LogP contribution in [0.5, 0.6) is 0 Å². The highest BCUT2D eigenvalue weighted by atomic mass is 16.6. The highest BCUT2D eigenvalue weighted by Gasteiger charge is 2.31. The van der Waals surface area contributed by atoms with Crippen molar-refractivity contribution in [1.29, 1.82) is 0 Å². The maximum atomic E-state index is 10.5. The second-order valence-corrected chi connectivity index (χ2v) is 2.93. The van der Waals surface area contributed by atoms with Crippen LogP contribution in [0, 0.1) is 0 Å². The Morgan fingerprint density at radius 1 is 1.38 bits per heavy atom.